The van der Waals surface area contributed by atoms with Crippen LogP contribution in [0.2, 0.25) is 0 Å². The van der Waals surface area contributed by atoms with Gasteiger partial charge in [-0.25, -0.2) is 9.36 Å². The summed E-state index contributed by atoms with van der Waals surface area (Å²) in [7, 11) is 0. The monoisotopic (exact) mass is 357 g/mol. The second kappa shape index (κ2) is 6.33. The van der Waals surface area contributed by atoms with Gasteiger partial charge in [0, 0.05) is 10.9 Å². The van der Waals surface area contributed by atoms with E-state index in [1.165, 1.54) is 11.3 Å². The molecule has 1 atom stereocenters. The number of benzene rings is 1. The van der Waals surface area contributed by atoms with Crippen LogP contribution in [0.1, 0.15) is 30.5 Å². The lowest BCUT2D eigenvalue weighted by atomic mass is 10.0. The molecule has 0 saturated heterocycles. The van der Waals surface area contributed by atoms with Gasteiger partial charge in [-0.2, -0.15) is 0 Å². The number of aryl methyl sites for hydroxylation is 2. The first-order valence-electron chi connectivity index (χ1n) is 7.98. The Balaban J connectivity index is 2.34. The number of H-pyrrole nitrogens is 1. The first-order chi connectivity index (χ1) is 11.8. The van der Waals surface area contributed by atoms with Gasteiger partial charge in [0.2, 0.25) is 5.91 Å². The van der Waals surface area contributed by atoms with Crippen LogP contribution in [0.5, 0.6) is 0 Å². The number of hydrogen-bond acceptors (Lipinski definition) is 4. The Bertz CT molecular complexity index is 1090. The zero-order valence-corrected chi connectivity index (χ0v) is 15.1. The van der Waals surface area contributed by atoms with Crippen LogP contribution in [-0.4, -0.2) is 15.5 Å². The smallest absolute Gasteiger partial charge is 0.330 e. The lowest BCUT2D eigenvalue weighted by Gasteiger charge is -2.13. The highest BCUT2D eigenvalue weighted by Crippen LogP contribution is 2.31. The third kappa shape index (κ3) is 2.80. The summed E-state index contributed by atoms with van der Waals surface area (Å²) in [5, 5.41) is 2.26. The normalized spacial score (nSPS) is 12.4. The molecule has 0 aliphatic rings. The van der Waals surface area contributed by atoms with Gasteiger partial charge in [-0.15, -0.1) is 11.3 Å². The number of rotatable bonds is 4. The fourth-order valence-corrected chi connectivity index (χ4v) is 3.90. The van der Waals surface area contributed by atoms with E-state index < -0.39 is 23.2 Å². The lowest BCUT2D eigenvalue weighted by Crippen LogP contribution is -2.42. The molecule has 0 spiro atoms. The highest BCUT2D eigenvalue weighted by molar-refractivity contribution is 7.17. The van der Waals surface area contributed by atoms with E-state index in [1.807, 2.05) is 37.4 Å². The maximum atomic E-state index is 13.0. The molecule has 1 amide bonds. The Morgan fingerprint density at radius 1 is 1.28 bits per heavy atom. The highest BCUT2D eigenvalue weighted by atomic mass is 32.1. The van der Waals surface area contributed by atoms with E-state index >= 15 is 0 Å². The van der Waals surface area contributed by atoms with Gasteiger partial charge in [0.1, 0.15) is 10.9 Å². The van der Waals surface area contributed by atoms with E-state index in [-0.39, 0.29) is 6.42 Å². The molecule has 3 aromatic rings. The van der Waals surface area contributed by atoms with Crippen molar-refractivity contribution in [1.82, 2.24) is 9.55 Å². The molecule has 0 bridgehead atoms. The van der Waals surface area contributed by atoms with E-state index in [9.17, 15) is 14.4 Å². The van der Waals surface area contributed by atoms with Gasteiger partial charge in [-0.3, -0.25) is 14.6 Å². The van der Waals surface area contributed by atoms with Crippen molar-refractivity contribution in [1.29, 1.82) is 0 Å². The van der Waals surface area contributed by atoms with Gasteiger partial charge in [-0.1, -0.05) is 25.1 Å². The number of amides is 1. The number of thiophene rings is 1. The Hall–Kier alpha value is -2.67. The summed E-state index contributed by atoms with van der Waals surface area (Å²) in [6.45, 7) is 5.74. The second-order valence-electron chi connectivity index (χ2n) is 6.08. The standard InChI is InChI=1S/C18H19N3O3S/c1-4-13(15(19)22)21-17(23)14-12(8-25-16(14)20-18(21)24)11-6-5-9(2)10(3)7-11/h5-8,13H,4H2,1-3H3,(H2,19,22)(H,20,24). The first-order valence-corrected chi connectivity index (χ1v) is 8.86. The maximum absolute atomic E-state index is 13.0. The molecule has 0 aliphatic heterocycles. The molecule has 3 rings (SSSR count). The fourth-order valence-electron chi connectivity index (χ4n) is 2.95. The molecule has 0 fully saturated rings. The minimum Gasteiger partial charge on any atom is -0.368 e. The van der Waals surface area contributed by atoms with E-state index in [1.54, 1.807) is 6.92 Å². The van der Waals surface area contributed by atoms with E-state index in [0.717, 1.165) is 26.8 Å². The van der Waals surface area contributed by atoms with Gasteiger partial charge in [0.15, 0.2) is 0 Å². The number of fused-ring (bicyclic) bond motifs is 1. The molecule has 3 N–H and O–H groups in total. The zero-order chi connectivity index (χ0) is 18.3. The van der Waals surface area contributed by atoms with Crippen LogP contribution >= 0.6 is 11.3 Å². The average molecular weight is 357 g/mol. The molecule has 6 nitrogen and oxygen atoms in total. The second-order valence-corrected chi connectivity index (χ2v) is 6.96. The minimum atomic E-state index is -0.965. The number of carbonyl (C=O) groups is 1. The maximum Gasteiger partial charge on any atom is 0.330 e. The van der Waals surface area contributed by atoms with Crippen molar-refractivity contribution in [2.75, 3.05) is 0 Å². The van der Waals surface area contributed by atoms with Crippen molar-refractivity contribution in [2.24, 2.45) is 5.73 Å². The largest absolute Gasteiger partial charge is 0.368 e. The predicted octanol–water partition coefficient (Wildman–Crippen LogP) is 2.47. The van der Waals surface area contributed by atoms with Crippen LogP contribution < -0.4 is 17.0 Å². The molecule has 0 saturated carbocycles. The van der Waals surface area contributed by atoms with Crippen molar-refractivity contribution < 1.29 is 4.79 Å². The SMILES string of the molecule is CCC(C(N)=O)n1c(=O)[nH]c2scc(-c3ccc(C)c(C)c3)c2c1=O. The Labute approximate surface area is 147 Å². The molecular weight excluding hydrogens is 338 g/mol. The molecule has 0 aliphatic carbocycles. The molecule has 7 heteroatoms. The van der Waals surface area contributed by atoms with E-state index in [0.29, 0.717) is 10.2 Å². The summed E-state index contributed by atoms with van der Waals surface area (Å²) in [5.41, 5.74) is 8.20. The molecule has 1 aromatic carbocycles. The minimum absolute atomic E-state index is 0.271. The van der Waals surface area contributed by atoms with Crippen molar-refractivity contribution in [3.05, 3.63) is 55.5 Å². The molecule has 130 valence electrons. The van der Waals surface area contributed by atoms with Crippen LogP contribution in [0.25, 0.3) is 21.3 Å². The molecule has 25 heavy (non-hydrogen) atoms. The number of hydrogen-bond donors (Lipinski definition) is 2. The Morgan fingerprint density at radius 3 is 2.60 bits per heavy atom. The summed E-state index contributed by atoms with van der Waals surface area (Å²) in [4.78, 5) is 40.2. The third-order valence-corrected chi connectivity index (χ3v) is 5.40. The van der Waals surface area contributed by atoms with Crippen molar-refractivity contribution in [3.8, 4) is 11.1 Å². The number of nitrogens with one attached hydrogen (secondary N) is 1. The highest BCUT2D eigenvalue weighted by Gasteiger charge is 2.23. The number of nitrogens with zero attached hydrogens (tertiary/aromatic N) is 1. The van der Waals surface area contributed by atoms with Crippen molar-refractivity contribution in [3.63, 3.8) is 0 Å². The third-order valence-electron chi connectivity index (χ3n) is 4.51. The van der Waals surface area contributed by atoms with Gasteiger partial charge < -0.3 is 5.73 Å². The number of nitrogens with two attached hydrogens (primary N) is 1. The number of aromatic nitrogens is 2. The quantitative estimate of drug-likeness (QED) is 0.750. The summed E-state index contributed by atoms with van der Waals surface area (Å²) in [6, 6.07) is 4.99. The van der Waals surface area contributed by atoms with Gasteiger partial charge in [0.05, 0.1) is 5.39 Å². The number of aromatic amines is 1. The fraction of sp³-hybridized carbons (Fsp3) is 0.278. The van der Waals surface area contributed by atoms with Gasteiger partial charge >= 0.3 is 5.69 Å². The summed E-state index contributed by atoms with van der Waals surface area (Å²) in [5.74, 6) is -0.697. The van der Waals surface area contributed by atoms with E-state index in [2.05, 4.69) is 4.98 Å². The molecule has 1 unspecified atom stereocenters. The Kier molecular flexibility index (Phi) is 4.34. The Morgan fingerprint density at radius 2 is 2.00 bits per heavy atom. The zero-order valence-electron chi connectivity index (χ0n) is 14.3. The number of primary amides is 1. The summed E-state index contributed by atoms with van der Waals surface area (Å²) >= 11 is 1.30. The first kappa shape index (κ1) is 17.2. The van der Waals surface area contributed by atoms with Crippen LogP contribution in [0.4, 0.5) is 0 Å². The van der Waals surface area contributed by atoms with Crippen LogP contribution in [0.3, 0.4) is 0 Å². The van der Waals surface area contributed by atoms with Gasteiger partial charge in [-0.05, 0) is 37.0 Å². The van der Waals surface area contributed by atoms with Crippen molar-refractivity contribution >= 4 is 27.5 Å². The van der Waals surface area contributed by atoms with E-state index in [4.69, 9.17) is 5.73 Å². The van der Waals surface area contributed by atoms with Gasteiger partial charge in [0.25, 0.3) is 5.56 Å². The van der Waals surface area contributed by atoms with Crippen molar-refractivity contribution in [2.45, 2.75) is 33.2 Å². The topological polar surface area (TPSA) is 97.9 Å². The van der Waals surface area contributed by atoms with Crippen LogP contribution in [-0.2, 0) is 4.79 Å². The molecule has 0 radical (unpaired) electrons. The molecule has 2 aromatic heterocycles. The molecular formula is C18H19N3O3S. The number of carbonyl (C=O) groups excluding carboxylic acids is 1. The predicted molar refractivity (Wildman–Crippen MR) is 100 cm³/mol. The van der Waals surface area contributed by atoms with Crippen LogP contribution in [0.15, 0.2) is 33.2 Å². The lowest BCUT2D eigenvalue weighted by molar-refractivity contribution is -0.121. The summed E-state index contributed by atoms with van der Waals surface area (Å²) in [6.07, 6.45) is 0.271. The summed E-state index contributed by atoms with van der Waals surface area (Å²) < 4.78 is 0.932. The average Bonchev–Trinajstić information content (AvgIpc) is 2.97. The van der Waals surface area contributed by atoms with Crippen LogP contribution in [0, 0.1) is 13.8 Å². The molecule has 2 heterocycles.